The molecule has 1 aliphatic rings. The quantitative estimate of drug-likeness (QED) is 0.716. The highest BCUT2D eigenvalue weighted by molar-refractivity contribution is 7.86. The van der Waals surface area contributed by atoms with E-state index in [1.165, 1.54) is 4.90 Å². The van der Waals surface area contributed by atoms with Crippen molar-refractivity contribution in [3.63, 3.8) is 0 Å². The van der Waals surface area contributed by atoms with Gasteiger partial charge in [-0.1, -0.05) is 0 Å². The van der Waals surface area contributed by atoms with Crippen LogP contribution in [0.4, 0.5) is 14.5 Å². The Labute approximate surface area is 120 Å². The number of nitrogens with zero attached hydrogens (tertiary/aromatic N) is 2. The maximum atomic E-state index is 13.2. The molecular formula is C11H14F2N4O3S. The van der Waals surface area contributed by atoms with Crippen LogP contribution in [-0.4, -0.2) is 49.7 Å². The first-order chi connectivity index (χ1) is 9.70. The van der Waals surface area contributed by atoms with Crippen molar-refractivity contribution in [1.29, 1.82) is 0 Å². The van der Waals surface area contributed by atoms with Gasteiger partial charge in [0.1, 0.15) is 0 Å². The van der Waals surface area contributed by atoms with Gasteiger partial charge in [-0.15, -0.1) is 0 Å². The Kier molecular flexibility index (Phi) is 4.12. The number of nitrogens with two attached hydrogens (primary N) is 2. The summed E-state index contributed by atoms with van der Waals surface area (Å²) in [4.78, 5) is 13.5. The van der Waals surface area contributed by atoms with E-state index in [1.54, 1.807) is 0 Å². The number of nitrogen functional groups attached to an aromatic ring is 1. The van der Waals surface area contributed by atoms with E-state index in [-0.39, 0.29) is 37.4 Å². The number of carbonyl (C=O) groups excluding carboxylic acids is 1. The molecule has 0 bridgehead atoms. The van der Waals surface area contributed by atoms with E-state index in [9.17, 15) is 22.0 Å². The lowest BCUT2D eigenvalue weighted by Crippen LogP contribution is -2.52. The van der Waals surface area contributed by atoms with Crippen LogP contribution in [0, 0.1) is 11.6 Å². The Balaban J connectivity index is 2.14. The second-order valence-corrected chi connectivity index (χ2v) is 6.14. The molecule has 1 fully saturated rings. The molecule has 2 rings (SSSR count). The monoisotopic (exact) mass is 320 g/mol. The Bertz CT molecular complexity index is 672. The number of benzene rings is 1. The summed E-state index contributed by atoms with van der Waals surface area (Å²) in [6.45, 7) is 0.254. The largest absolute Gasteiger partial charge is 0.398 e. The summed E-state index contributed by atoms with van der Waals surface area (Å²) in [6, 6.07) is 1.47. The smallest absolute Gasteiger partial charge is 0.277 e. The third-order valence-electron chi connectivity index (χ3n) is 3.21. The molecule has 4 N–H and O–H groups in total. The highest BCUT2D eigenvalue weighted by Crippen LogP contribution is 2.19. The van der Waals surface area contributed by atoms with Gasteiger partial charge in [0.15, 0.2) is 11.6 Å². The zero-order chi connectivity index (χ0) is 15.8. The molecule has 21 heavy (non-hydrogen) atoms. The fourth-order valence-corrected chi connectivity index (χ4v) is 2.74. The van der Waals surface area contributed by atoms with Crippen LogP contribution in [0.25, 0.3) is 0 Å². The van der Waals surface area contributed by atoms with E-state index >= 15 is 0 Å². The van der Waals surface area contributed by atoms with Crippen molar-refractivity contribution in [2.45, 2.75) is 0 Å². The van der Waals surface area contributed by atoms with Crippen molar-refractivity contribution < 1.29 is 22.0 Å². The molecule has 0 saturated carbocycles. The second kappa shape index (κ2) is 5.54. The first-order valence-electron chi connectivity index (χ1n) is 6.02. The van der Waals surface area contributed by atoms with Crippen LogP contribution in [0.1, 0.15) is 10.4 Å². The van der Waals surface area contributed by atoms with Crippen LogP contribution in [-0.2, 0) is 10.2 Å². The molecule has 1 aliphatic heterocycles. The first kappa shape index (κ1) is 15.6. The van der Waals surface area contributed by atoms with E-state index < -0.39 is 27.8 Å². The van der Waals surface area contributed by atoms with Gasteiger partial charge in [-0.25, -0.2) is 13.9 Å². The van der Waals surface area contributed by atoms with Gasteiger partial charge in [-0.05, 0) is 6.07 Å². The van der Waals surface area contributed by atoms with Crippen LogP contribution < -0.4 is 10.9 Å². The van der Waals surface area contributed by atoms with Crippen LogP contribution in [0.15, 0.2) is 12.1 Å². The topological polar surface area (TPSA) is 110 Å². The molecule has 0 aliphatic carbocycles. The maximum Gasteiger partial charge on any atom is 0.277 e. The van der Waals surface area contributed by atoms with Gasteiger partial charge in [0, 0.05) is 37.9 Å². The molecule has 0 unspecified atom stereocenters. The molecule has 116 valence electrons. The van der Waals surface area contributed by atoms with E-state index in [2.05, 4.69) is 0 Å². The fourth-order valence-electron chi connectivity index (χ4n) is 2.06. The zero-order valence-electron chi connectivity index (χ0n) is 10.9. The third-order valence-corrected chi connectivity index (χ3v) is 4.29. The normalized spacial score (nSPS) is 17.0. The number of hydrogen-bond acceptors (Lipinski definition) is 4. The van der Waals surface area contributed by atoms with Crippen molar-refractivity contribution >= 4 is 21.8 Å². The highest BCUT2D eigenvalue weighted by atomic mass is 32.2. The first-order valence-corrected chi connectivity index (χ1v) is 7.52. The van der Waals surface area contributed by atoms with Crippen molar-refractivity contribution in [3.8, 4) is 0 Å². The SMILES string of the molecule is Nc1cc(F)c(F)cc1C(=O)N1CCN(S(N)(=O)=O)CC1. The number of piperazine rings is 1. The molecule has 7 nitrogen and oxygen atoms in total. The van der Waals surface area contributed by atoms with E-state index in [0.29, 0.717) is 0 Å². The fraction of sp³-hybridized carbons (Fsp3) is 0.364. The second-order valence-electron chi connectivity index (χ2n) is 4.59. The van der Waals surface area contributed by atoms with E-state index in [4.69, 9.17) is 10.9 Å². The van der Waals surface area contributed by atoms with Gasteiger partial charge in [0.25, 0.3) is 16.1 Å². The van der Waals surface area contributed by atoms with Crippen LogP contribution in [0.2, 0.25) is 0 Å². The lowest BCUT2D eigenvalue weighted by Gasteiger charge is -2.33. The average Bonchev–Trinajstić information content (AvgIpc) is 2.41. The van der Waals surface area contributed by atoms with Crippen LogP contribution >= 0.6 is 0 Å². The van der Waals surface area contributed by atoms with Crippen LogP contribution in [0.3, 0.4) is 0 Å². The van der Waals surface area contributed by atoms with E-state index in [1.807, 2.05) is 0 Å². The van der Waals surface area contributed by atoms with Crippen molar-refractivity contribution in [2.75, 3.05) is 31.9 Å². The average molecular weight is 320 g/mol. The van der Waals surface area contributed by atoms with Crippen molar-refractivity contribution in [3.05, 3.63) is 29.3 Å². The molecule has 1 aromatic rings. The van der Waals surface area contributed by atoms with Gasteiger partial charge in [0.05, 0.1) is 5.56 Å². The van der Waals surface area contributed by atoms with Gasteiger partial charge in [-0.2, -0.15) is 12.7 Å². The Morgan fingerprint density at radius 3 is 2.14 bits per heavy atom. The molecule has 1 amide bonds. The Morgan fingerprint density at radius 2 is 1.62 bits per heavy atom. The summed E-state index contributed by atoms with van der Waals surface area (Å²) in [5, 5.41) is 4.99. The van der Waals surface area contributed by atoms with Gasteiger partial charge >= 0.3 is 0 Å². The summed E-state index contributed by atoms with van der Waals surface area (Å²) >= 11 is 0. The molecule has 0 atom stereocenters. The zero-order valence-corrected chi connectivity index (χ0v) is 11.7. The lowest BCUT2D eigenvalue weighted by atomic mass is 10.1. The number of hydrogen-bond donors (Lipinski definition) is 2. The Morgan fingerprint density at radius 1 is 1.10 bits per heavy atom. The number of halogens is 2. The minimum Gasteiger partial charge on any atom is -0.398 e. The predicted octanol–water partition coefficient (Wildman–Crippen LogP) is -0.492. The molecule has 1 aromatic carbocycles. The van der Waals surface area contributed by atoms with Crippen molar-refractivity contribution in [1.82, 2.24) is 9.21 Å². The summed E-state index contributed by atoms with van der Waals surface area (Å²) in [6.07, 6.45) is 0. The molecule has 0 radical (unpaired) electrons. The Hall–Kier alpha value is -1.78. The molecule has 0 spiro atoms. The van der Waals surface area contributed by atoms with E-state index in [0.717, 1.165) is 16.4 Å². The summed E-state index contributed by atoms with van der Waals surface area (Å²) in [5.74, 6) is -2.89. The highest BCUT2D eigenvalue weighted by Gasteiger charge is 2.28. The number of carbonyl (C=O) groups is 1. The molecular weight excluding hydrogens is 306 g/mol. The van der Waals surface area contributed by atoms with Crippen LogP contribution in [0.5, 0.6) is 0 Å². The minimum atomic E-state index is -3.80. The predicted molar refractivity (Wildman–Crippen MR) is 71.4 cm³/mol. The summed E-state index contributed by atoms with van der Waals surface area (Å²) in [5.41, 5.74) is 5.19. The number of rotatable bonds is 2. The number of anilines is 1. The van der Waals surface area contributed by atoms with Gasteiger partial charge in [0.2, 0.25) is 0 Å². The minimum absolute atomic E-state index is 0.0359. The third kappa shape index (κ3) is 3.28. The summed E-state index contributed by atoms with van der Waals surface area (Å²) in [7, 11) is -3.80. The molecule has 1 saturated heterocycles. The molecule has 10 heteroatoms. The maximum absolute atomic E-state index is 13.2. The van der Waals surface area contributed by atoms with Crippen molar-refractivity contribution in [2.24, 2.45) is 5.14 Å². The molecule has 0 aromatic heterocycles. The summed E-state index contributed by atoms with van der Waals surface area (Å²) < 4.78 is 49.5. The number of amides is 1. The standard InChI is InChI=1S/C11H14F2N4O3S/c12-8-5-7(10(14)6-9(8)13)11(18)16-1-3-17(4-2-16)21(15,19)20/h5-6H,1-4,14H2,(H2,15,19,20). The molecule has 1 heterocycles. The van der Waals surface area contributed by atoms with Gasteiger partial charge in [-0.3, -0.25) is 4.79 Å². The van der Waals surface area contributed by atoms with Gasteiger partial charge < -0.3 is 10.6 Å². The lowest BCUT2D eigenvalue weighted by molar-refractivity contribution is 0.0698.